The van der Waals surface area contributed by atoms with Gasteiger partial charge in [-0.2, -0.15) is 0 Å². The third-order valence-electron chi connectivity index (χ3n) is 5.26. The zero-order chi connectivity index (χ0) is 19.2. The van der Waals surface area contributed by atoms with Crippen molar-refractivity contribution in [2.45, 2.75) is 44.8 Å². The average Bonchev–Trinajstić information content (AvgIpc) is 3.22. The Morgan fingerprint density at radius 3 is 2.89 bits per heavy atom. The molecule has 0 spiro atoms. The van der Waals surface area contributed by atoms with Gasteiger partial charge in [-0.15, -0.1) is 0 Å². The first-order valence-electron chi connectivity index (χ1n) is 9.75. The lowest BCUT2D eigenvalue weighted by Crippen LogP contribution is -2.49. The van der Waals surface area contributed by atoms with E-state index < -0.39 is 11.9 Å². The van der Waals surface area contributed by atoms with Gasteiger partial charge in [0.25, 0.3) is 5.91 Å². The molecule has 3 unspecified atom stereocenters. The summed E-state index contributed by atoms with van der Waals surface area (Å²) in [5.74, 6) is -0.257. The molecule has 2 N–H and O–H groups in total. The minimum Gasteiger partial charge on any atom is -0.478 e. The molecule has 2 fully saturated rings. The standard InChI is InChI=1S/C20H28FN3O3/c1-14(27-18-9-3-2-7-16(18)21)20(26)24-11-5-6-15(13-24)12-23-19(25)17-8-4-10-22-17/h2-3,7,9,14-15,17,22H,4-6,8,10-13H2,1H3,(H,23,25). The number of benzene rings is 1. The lowest BCUT2D eigenvalue weighted by molar-refractivity contribution is -0.139. The normalized spacial score (nSPS) is 23.7. The predicted octanol–water partition coefficient (Wildman–Crippen LogP) is 1.70. The highest BCUT2D eigenvalue weighted by molar-refractivity contribution is 5.82. The zero-order valence-electron chi connectivity index (χ0n) is 15.7. The molecule has 2 heterocycles. The molecule has 0 radical (unpaired) electrons. The number of halogens is 1. The van der Waals surface area contributed by atoms with Crippen LogP contribution in [0.4, 0.5) is 4.39 Å². The monoisotopic (exact) mass is 377 g/mol. The summed E-state index contributed by atoms with van der Waals surface area (Å²) in [6.07, 6.45) is 3.03. The average molecular weight is 377 g/mol. The number of ether oxygens (including phenoxy) is 1. The number of hydrogen-bond acceptors (Lipinski definition) is 4. The number of hydrogen-bond donors (Lipinski definition) is 2. The molecule has 3 rings (SSSR count). The Morgan fingerprint density at radius 2 is 2.15 bits per heavy atom. The topological polar surface area (TPSA) is 70.7 Å². The molecule has 148 valence electrons. The smallest absolute Gasteiger partial charge is 0.263 e. The maximum absolute atomic E-state index is 13.7. The first kappa shape index (κ1) is 19.6. The highest BCUT2D eigenvalue weighted by atomic mass is 19.1. The molecule has 2 amide bonds. The molecule has 0 aromatic heterocycles. The Morgan fingerprint density at radius 1 is 1.33 bits per heavy atom. The minimum absolute atomic E-state index is 0.0483. The lowest BCUT2D eigenvalue weighted by atomic mass is 9.97. The fourth-order valence-corrected chi connectivity index (χ4v) is 3.75. The summed E-state index contributed by atoms with van der Waals surface area (Å²) >= 11 is 0. The third kappa shape index (κ3) is 5.19. The van der Waals surface area contributed by atoms with Crippen molar-refractivity contribution in [3.8, 4) is 5.75 Å². The van der Waals surface area contributed by atoms with E-state index in [1.807, 2.05) is 0 Å². The van der Waals surface area contributed by atoms with Crippen molar-refractivity contribution in [1.82, 2.24) is 15.5 Å². The van der Waals surface area contributed by atoms with E-state index in [-0.39, 0.29) is 29.5 Å². The van der Waals surface area contributed by atoms with Gasteiger partial charge in [0.1, 0.15) is 0 Å². The molecule has 2 aliphatic rings. The van der Waals surface area contributed by atoms with Crippen LogP contribution in [0.5, 0.6) is 5.75 Å². The van der Waals surface area contributed by atoms with Crippen LogP contribution in [0.3, 0.4) is 0 Å². The fourth-order valence-electron chi connectivity index (χ4n) is 3.75. The van der Waals surface area contributed by atoms with E-state index >= 15 is 0 Å². The molecule has 27 heavy (non-hydrogen) atoms. The van der Waals surface area contributed by atoms with Crippen molar-refractivity contribution >= 4 is 11.8 Å². The number of para-hydroxylation sites is 1. The van der Waals surface area contributed by atoms with E-state index in [2.05, 4.69) is 10.6 Å². The van der Waals surface area contributed by atoms with Crippen molar-refractivity contribution in [2.75, 3.05) is 26.2 Å². The van der Waals surface area contributed by atoms with E-state index in [9.17, 15) is 14.0 Å². The molecule has 2 saturated heterocycles. The summed E-state index contributed by atoms with van der Waals surface area (Å²) < 4.78 is 19.2. The van der Waals surface area contributed by atoms with Crippen molar-refractivity contribution in [3.63, 3.8) is 0 Å². The molecular weight excluding hydrogens is 349 g/mol. The zero-order valence-corrected chi connectivity index (χ0v) is 15.7. The molecule has 0 saturated carbocycles. The second-order valence-electron chi connectivity index (χ2n) is 7.38. The van der Waals surface area contributed by atoms with Crippen molar-refractivity contribution in [3.05, 3.63) is 30.1 Å². The number of carbonyl (C=O) groups excluding carboxylic acids is 2. The number of carbonyl (C=O) groups is 2. The largest absolute Gasteiger partial charge is 0.478 e. The predicted molar refractivity (Wildman–Crippen MR) is 99.8 cm³/mol. The second kappa shape index (κ2) is 9.17. The molecule has 1 aromatic rings. The number of likely N-dealkylation sites (tertiary alicyclic amines) is 1. The molecule has 0 aliphatic carbocycles. The quantitative estimate of drug-likeness (QED) is 0.792. The van der Waals surface area contributed by atoms with Gasteiger partial charge in [0.05, 0.1) is 6.04 Å². The Balaban J connectivity index is 1.48. The molecule has 7 heteroatoms. The molecule has 1 aromatic carbocycles. The summed E-state index contributed by atoms with van der Waals surface area (Å²) in [4.78, 5) is 26.6. The van der Waals surface area contributed by atoms with Crippen molar-refractivity contribution in [1.29, 1.82) is 0 Å². The van der Waals surface area contributed by atoms with Crippen molar-refractivity contribution in [2.24, 2.45) is 5.92 Å². The molecule has 3 atom stereocenters. The van der Waals surface area contributed by atoms with E-state index in [0.717, 1.165) is 32.2 Å². The summed E-state index contributed by atoms with van der Waals surface area (Å²) in [7, 11) is 0. The van der Waals surface area contributed by atoms with E-state index in [0.29, 0.717) is 19.6 Å². The van der Waals surface area contributed by atoms with Crippen LogP contribution in [0.2, 0.25) is 0 Å². The minimum atomic E-state index is -0.752. The summed E-state index contributed by atoms with van der Waals surface area (Å²) in [5, 5.41) is 6.20. The van der Waals surface area contributed by atoms with Gasteiger partial charge in [0.2, 0.25) is 5.91 Å². The summed E-state index contributed by atoms with van der Waals surface area (Å²) in [6, 6.07) is 6.00. The van der Waals surface area contributed by atoms with E-state index in [1.165, 1.54) is 12.1 Å². The Bertz CT molecular complexity index is 664. The first-order chi connectivity index (χ1) is 13.0. The fraction of sp³-hybridized carbons (Fsp3) is 0.600. The first-order valence-corrected chi connectivity index (χ1v) is 9.75. The van der Waals surface area contributed by atoms with Crippen LogP contribution in [-0.4, -0.2) is 55.0 Å². The maximum atomic E-state index is 13.7. The van der Waals surface area contributed by atoms with Crippen LogP contribution < -0.4 is 15.4 Å². The van der Waals surface area contributed by atoms with Crippen molar-refractivity contribution < 1.29 is 18.7 Å². The van der Waals surface area contributed by atoms with Crippen LogP contribution in [0.1, 0.15) is 32.6 Å². The number of nitrogens with zero attached hydrogens (tertiary/aromatic N) is 1. The number of nitrogens with one attached hydrogen (secondary N) is 2. The number of amides is 2. The van der Waals surface area contributed by atoms with E-state index in [1.54, 1.807) is 24.0 Å². The highest BCUT2D eigenvalue weighted by Crippen LogP contribution is 2.20. The van der Waals surface area contributed by atoms with Gasteiger partial charge in [-0.05, 0) is 57.2 Å². The number of piperidine rings is 1. The highest BCUT2D eigenvalue weighted by Gasteiger charge is 2.29. The van der Waals surface area contributed by atoms with E-state index in [4.69, 9.17) is 4.74 Å². The molecular formula is C20H28FN3O3. The van der Waals surface area contributed by atoms with Gasteiger partial charge < -0.3 is 20.3 Å². The van der Waals surface area contributed by atoms with Crippen LogP contribution in [0, 0.1) is 11.7 Å². The molecule has 2 aliphatic heterocycles. The summed E-state index contributed by atoms with van der Waals surface area (Å²) in [5.41, 5.74) is 0. The third-order valence-corrected chi connectivity index (χ3v) is 5.26. The van der Waals surface area contributed by atoms with Gasteiger partial charge in [-0.3, -0.25) is 9.59 Å². The number of rotatable bonds is 6. The van der Waals surface area contributed by atoms with Gasteiger partial charge in [-0.25, -0.2) is 4.39 Å². The second-order valence-corrected chi connectivity index (χ2v) is 7.38. The van der Waals surface area contributed by atoms with Crippen LogP contribution >= 0.6 is 0 Å². The lowest BCUT2D eigenvalue weighted by Gasteiger charge is -2.34. The Labute approximate surface area is 159 Å². The Hall–Kier alpha value is -2.15. The molecule has 0 bridgehead atoms. The maximum Gasteiger partial charge on any atom is 0.263 e. The van der Waals surface area contributed by atoms with Crippen LogP contribution in [0.15, 0.2) is 24.3 Å². The van der Waals surface area contributed by atoms with Crippen LogP contribution in [-0.2, 0) is 9.59 Å². The van der Waals surface area contributed by atoms with Gasteiger partial charge >= 0.3 is 0 Å². The Kier molecular flexibility index (Phi) is 6.66. The van der Waals surface area contributed by atoms with Crippen LogP contribution in [0.25, 0.3) is 0 Å². The summed E-state index contributed by atoms with van der Waals surface area (Å²) in [6.45, 7) is 4.36. The molecule has 6 nitrogen and oxygen atoms in total. The van der Waals surface area contributed by atoms with Gasteiger partial charge in [0.15, 0.2) is 17.7 Å². The van der Waals surface area contributed by atoms with Gasteiger partial charge in [0, 0.05) is 19.6 Å². The SMILES string of the molecule is CC(Oc1ccccc1F)C(=O)N1CCCC(CNC(=O)C2CCCN2)C1. The van der Waals surface area contributed by atoms with Gasteiger partial charge in [-0.1, -0.05) is 12.1 Å².